The van der Waals surface area contributed by atoms with Crippen LogP contribution in [0.5, 0.6) is 0 Å². The first-order valence-electron chi connectivity index (χ1n) is 8.97. The first-order valence-corrected chi connectivity index (χ1v) is 9.76. The van der Waals surface area contributed by atoms with Crippen LogP contribution < -0.4 is 0 Å². The van der Waals surface area contributed by atoms with Crippen molar-refractivity contribution in [2.24, 2.45) is 0 Å². The fraction of sp³-hybridized carbons (Fsp3) is 0.136. The minimum absolute atomic E-state index is 0.0516. The van der Waals surface area contributed by atoms with Crippen LogP contribution in [0.3, 0.4) is 0 Å². The van der Waals surface area contributed by atoms with Gasteiger partial charge in [-0.15, -0.1) is 0 Å². The molecule has 0 saturated carbocycles. The average molecular weight is 454 g/mol. The average Bonchev–Trinajstić information content (AvgIpc) is 2.74. The van der Waals surface area contributed by atoms with Crippen molar-refractivity contribution in [2.45, 2.75) is 6.61 Å². The summed E-state index contributed by atoms with van der Waals surface area (Å²) < 4.78 is 10.9. The molecule has 1 aliphatic heterocycles. The summed E-state index contributed by atoms with van der Waals surface area (Å²) >= 11 is 3.46. The molecule has 0 bridgehead atoms. The molecule has 0 radical (unpaired) electrons. The van der Waals surface area contributed by atoms with E-state index >= 15 is 0 Å². The summed E-state index contributed by atoms with van der Waals surface area (Å²) in [6.45, 7) is -0.109. The largest absolute Gasteiger partial charge is 0.508 e. The van der Waals surface area contributed by atoms with Crippen molar-refractivity contribution >= 4 is 44.7 Å². The monoisotopic (exact) mass is 453 g/mol. The van der Waals surface area contributed by atoms with E-state index in [0.29, 0.717) is 16.5 Å². The molecule has 1 aliphatic rings. The minimum atomic E-state index is -0.850. The molecule has 0 fully saturated rings. The highest BCUT2D eigenvalue weighted by molar-refractivity contribution is 9.10. The van der Waals surface area contributed by atoms with Gasteiger partial charge in [-0.25, -0.2) is 4.79 Å². The maximum atomic E-state index is 12.8. The highest BCUT2D eigenvalue weighted by Crippen LogP contribution is 2.34. The van der Waals surface area contributed by atoms with Crippen LogP contribution in [0.25, 0.3) is 10.8 Å². The normalized spacial score (nSPS) is 12.9. The van der Waals surface area contributed by atoms with Gasteiger partial charge in [0, 0.05) is 21.0 Å². The number of ether oxygens (including phenoxy) is 2. The van der Waals surface area contributed by atoms with Crippen molar-refractivity contribution < 1.29 is 23.9 Å². The predicted molar refractivity (Wildman–Crippen MR) is 110 cm³/mol. The molecule has 2 amide bonds. The Morgan fingerprint density at radius 1 is 0.862 bits per heavy atom. The van der Waals surface area contributed by atoms with Gasteiger partial charge in [0.25, 0.3) is 11.8 Å². The molecule has 0 aromatic heterocycles. The quantitative estimate of drug-likeness (QED) is 0.418. The zero-order valence-corrected chi connectivity index (χ0v) is 16.8. The van der Waals surface area contributed by atoms with E-state index in [1.807, 2.05) is 36.4 Å². The number of nitrogens with zero attached hydrogens (tertiary/aromatic N) is 1. The smallest absolute Gasteiger partial charge is 0.432 e. The SMILES string of the molecule is O=C(OCCN1C(=O)c2cccc3c(Br)ccc(c23)C1=O)OCc1ccccc1. The second-order valence-electron chi connectivity index (χ2n) is 6.46. The number of hydrogen-bond donors (Lipinski definition) is 0. The van der Waals surface area contributed by atoms with Crippen LogP contribution in [-0.4, -0.2) is 36.0 Å². The van der Waals surface area contributed by atoms with Crippen molar-refractivity contribution in [1.29, 1.82) is 0 Å². The number of rotatable bonds is 5. The van der Waals surface area contributed by atoms with Gasteiger partial charge in [0.1, 0.15) is 13.2 Å². The lowest BCUT2D eigenvalue weighted by Gasteiger charge is -2.27. The number of hydrogen-bond acceptors (Lipinski definition) is 5. The van der Waals surface area contributed by atoms with E-state index in [4.69, 9.17) is 9.47 Å². The number of carbonyl (C=O) groups is 3. The molecule has 0 N–H and O–H groups in total. The third kappa shape index (κ3) is 3.73. The third-order valence-corrected chi connectivity index (χ3v) is 5.36. The molecular formula is C22H16BrNO5. The van der Waals surface area contributed by atoms with Gasteiger partial charge in [0.15, 0.2) is 0 Å². The molecule has 6 nitrogen and oxygen atoms in total. The van der Waals surface area contributed by atoms with Crippen LogP contribution in [0.15, 0.2) is 65.1 Å². The van der Waals surface area contributed by atoms with Crippen LogP contribution in [-0.2, 0) is 16.1 Å². The predicted octanol–water partition coefficient (Wildman–Crippen LogP) is 4.55. The molecule has 0 atom stereocenters. The number of carbonyl (C=O) groups excluding carboxylic acids is 3. The Morgan fingerprint density at radius 3 is 2.34 bits per heavy atom. The molecule has 1 heterocycles. The Hall–Kier alpha value is -3.19. The number of halogens is 1. The molecular weight excluding hydrogens is 438 g/mol. The van der Waals surface area contributed by atoms with Gasteiger partial charge in [-0.1, -0.05) is 58.4 Å². The van der Waals surface area contributed by atoms with E-state index in [1.165, 1.54) is 0 Å². The first kappa shape index (κ1) is 19.1. The lowest BCUT2D eigenvalue weighted by molar-refractivity contribution is 0.0368. The van der Waals surface area contributed by atoms with Gasteiger partial charge in [-0.3, -0.25) is 14.5 Å². The maximum absolute atomic E-state index is 12.8. The summed E-state index contributed by atoms with van der Waals surface area (Å²) in [5.41, 5.74) is 1.73. The molecule has 0 unspecified atom stereocenters. The highest BCUT2D eigenvalue weighted by atomic mass is 79.9. The molecule has 0 aliphatic carbocycles. The van der Waals surface area contributed by atoms with Crippen molar-refractivity contribution in [3.63, 3.8) is 0 Å². The van der Waals surface area contributed by atoms with Gasteiger partial charge >= 0.3 is 6.16 Å². The Balaban J connectivity index is 1.41. The summed E-state index contributed by atoms with van der Waals surface area (Å²) in [5.74, 6) is -0.820. The topological polar surface area (TPSA) is 72.9 Å². The van der Waals surface area contributed by atoms with Gasteiger partial charge < -0.3 is 9.47 Å². The van der Waals surface area contributed by atoms with Crippen LogP contribution in [0.1, 0.15) is 26.3 Å². The van der Waals surface area contributed by atoms with Gasteiger partial charge in [0.2, 0.25) is 0 Å². The Labute approximate surface area is 175 Å². The summed E-state index contributed by atoms with van der Waals surface area (Å²) in [7, 11) is 0. The molecule has 29 heavy (non-hydrogen) atoms. The second kappa shape index (κ2) is 8.05. The van der Waals surface area contributed by atoms with E-state index in [2.05, 4.69) is 15.9 Å². The van der Waals surface area contributed by atoms with Gasteiger partial charge in [-0.05, 0) is 29.1 Å². The van der Waals surface area contributed by atoms with E-state index in [1.54, 1.807) is 24.3 Å². The molecule has 3 aromatic carbocycles. The molecule has 4 rings (SSSR count). The van der Waals surface area contributed by atoms with Gasteiger partial charge in [0.05, 0.1) is 6.54 Å². The summed E-state index contributed by atoms with van der Waals surface area (Å²) in [4.78, 5) is 38.5. The Morgan fingerprint density at radius 2 is 1.59 bits per heavy atom. The van der Waals surface area contributed by atoms with Crippen LogP contribution in [0.4, 0.5) is 4.79 Å². The molecule has 0 saturated heterocycles. The summed E-state index contributed by atoms with van der Waals surface area (Å²) in [5, 5.41) is 1.44. The lowest BCUT2D eigenvalue weighted by Crippen LogP contribution is -2.42. The minimum Gasteiger partial charge on any atom is -0.432 e. The van der Waals surface area contributed by atoms with Gasteiger partial charge in [-0.2, -0.15) is 0 Å². The highest BCUT2D eigenvalue weighted by Gasteiger charge is 2.33. The number of imide groups is 1. The van der Waals surface area contributed by atoms with Crippen LogP contribution >= 0.6 is 15.9 Å². The Kier molecular flexibility index (Phi) is 5.31. The fourth-order valence-electron chi connectivity index (χ4n) is 3.29. The second-order valence-corrected chi connectivity index (χ2v) is 7.31. The molecule has 146 valence electrons. The van der Waals surface area contributed by atoms with E-state index in [-0.39, 0.29) is 19.8 Å². The van der Waals surface area contributed by atoms with E-state index in [0.717, 1.165) is 20.3 Å². The van der Waals surface area contributed by atoms with Crippen molar-refractivity contribution in [3.8, 4) is 0 Å². The zero-order chi connectivity index (χ0) is 20.4. The zero-order valence-electron chi connectivity index (χ0n) is 15.3. The molecule has 7 heteroatoms. The third-order valence-electron chi connectivity index (χ3n) is 4.67. The van der Waals surface area contributed by atoms with Crippen molar-refractivity contribution in [2.75, 3.05) is 13.2 Å². The van der Waals surface area contributed by atoms with Crippen LogP contribution in [0.2, 0.25) is 0 Å². The van der Waals surface area contributed by atoms with Crippen molar-refractivity contribution in [1.82, 2.24) is 4.90 Å². The first-order chi connectivity index (χ1) is 14.1. The van der Waals surface area contributed by atoms with E-state index < -0.39 is 18.0 Å². The van der Waals surface area contributed by atoms with E-state index in [9.17, 15) is 14.4 Å². The summed E-state index contributed by atoms with van der Waals surface area (Å²) in [6.07, 6.45) is -0.850. The fourth-order valence-corrected chi connectivity index (χ4v) is 3.75. The van der Waals surface area contributed by atoms with Crippen molar-refractivity contribution in [3.05, 3.63) is 81.8 Å². The Bertz CT molecular complexity index is 1090. The number of amides is 2. The number of benzene rings is 3. The molecule has 3 aromatic rings. The van der Waals surface area contributed by atoms with Crippen LogP contribution in [0, 0.1) is 0 Å². The molecule has 0 spiro atoms. The summed E-state index contributed by atoms with van der Waals surface area (Å²) in [6, 6.07) is 18.0. The maximum Gasteiger partial charge on any atom is 0.508 e. The lowest BCUT2D eigenvalue weighted by atomic mass is 9.94. The standard InChI is InChI=1S/C22H16BrNO5/c23-18-10-9-17-19-15(18)7-4-8-16(19)20(25)24(21(17)26)11-12-28-22(27)29-13-14-5-2-1-3-6-14/h1-10H,11-13H2.